The van der Waals surface area contributed by atoms with Gasteiger partial charge in [0.1, 0.15) is 0 Å². The van der Waals surface area contributed by atoms with Crippen LogP contribution in [-0.4, -0.2) is 67.5 Å². The maximum absolute atomic E-state index is 11.9. The number of carbonyl (C=O) groups excluding carboxylic acids is 3. The largest absolute Gasteiger partial charge is 0.468 e. The maximum atomic E-state index is 11.9. The van der Waals surface area contributed by atoms with Crippen molar-refractivity contribution >= 4 is 17.9 Å². The van der Waals surface area contributed by atoms with E-state index in [9.17, 15) is 14.4 Å². The molecule has 1 fully saturated rings. The average Bonchev–Trinajstić information content (AvgIpc) is 2.75. The highest BCUT2D eigenvalue weighted by Crippen LogP contribution is 2.01. The van der Waals surface area contributed by atoms with E-state index in [-0.39, 0.29) is 31.0 Å². The lowest BCUT2D eigenvalue weighted by Crippen LogP contribution is -2.43. The van der Waals surface area contributed by atoms with Crippen LogP contribution in [0.4, 0.5) is 4.79 Å². The molecule has 0 unspecified atom stereocenters. The summed E-state index contributed by atoms with van der Waals surface area (Å²) in [5.74, 6) is -0.676. The monoisotopic (exact) mass is 257 g/mol. The van der Waals surface area contributed by atoms with Gasteiger partial charge >= 0.3 is 12.0 Å². The van der Waals surface area contributed by atoms with E-state index in [1.165, 1.54) is 12.0 Å². The van der Waals surface area contributed by atoms with Gasteiger partial charge in [0.25, 0.3) is 0 Å². The number of ether oxygens (including phenoxy) is 1. The van der Waals surface area contributed by atoms with E-state index in [0.29, 0.717) is 19.6 Å². The van der Waals surface area contributed by atoms with Crippen LogP contribution in [0.3, 0.4) is 0 Å². The van der Waals surface area contributed by atoms with Gasteiger partial charge < -0.3 is 10.1 Å². The van der Waals surface area contributed by atoms with Crippen molar-refractivity contribution in [3.05, 3.63) is 0 Å². The van der Waals surface area contributed by atoms with Crippen LogP contribution in [-0.2, 0) is 14.3 Å². The number of imide groups is 1. The molecule has 1 saturated heterocycles. The highest BCUT2D eigenvalue weighted by Gasteiger charge is 2.27. The van der Waals surface area contributed by atoms with E-state index >= 15 is 0 Å². The minimum Gasteiger partial charge on any atom is -0.468 e. The standard InChI is InChI=1S/C11H19N3O4/c1-3-5-13(8-10(16)18-2)7-9(15)14-6-4-12-11(14)17/h3-8H2,1-2H3,(H,12,17). The minimum atomic E-state index is -0.387. The molecular formula is C11H19N3O4. The number of carbonyl (C=O) groups is 3. The number of hydrogen-bond acceptors (Lipinski definition) is 5. The lowest BCUT2D eigenvalue weighted by atomic mass is 10.3. The van der Waals surface area contributed by atoms with Crippen LogP contribution in [0.15, 0.2) is 0 Å². The smallest absolute Gasteiger partial charge is 0.324 e. The summed E-state index contributed by atoms with van der Waals surface area (Å²) in [6.07, 6.45) is 0.816. The Labute approximate surface area is 106 Å². The second kappa shape index (κ2) is 6.95. The van der Waals surface area contributed by atoms with Crippen molar-refractivity contribution in [2.24, 2.45) is 0 Å². The third kappa shape index (κ3) is 3.99. The molecule has 0 radical (unpaired) electrons. The summed E-state index contributed by atoms with van der Waals surface area (Å²) < 4.78 is 4.57. The average molecular weight is 257 g/mol. The van der Waals surface area contributed by atoms with Crippen LogP contribution in [0.25, 0.3) is 0 Å². The van der Waals surface area contributed by atoms with Crippen LogP contribution in [0.5, 0.6) is 0 Å². The van der Waals surface area contributed by atoms with Crippen molar-refractivity contribution in [3.8, 4) is 0 Å². The highest BCUT2D eigenvalue weighted by molar-refractivity contribution is 5.96. The Balaban J connectivity index is 2.51. The number of nitrogens with one attached hydrogen (secondary N) is 1. The normalized spacial score (nSPS) is 14.8. The summed E-state index contributed by atoms with van der Waals surface area (Å²) >= 11 is 0. The number of nitrogens with zero attached hydrogens (tertiary/aromatic N) is 2. The fraction of sp³-hybridized carbons (Fsp3) is 0.727. The number of hydrogen-bond donors (Lipinski definition) is 1. The summed E-state index contributed by atoms with van der Waals surface area (Å²) in [5.41, 5.74) is 0. The van der Waals surface area contributed by atoms with Crippen molar-refractivity contribution in [3.63, 3.8) is 0 Å². The van der Waals surface area contributed by atoms with Crippen molar-refractivity contribution in [1.29, 1.82) is 0 Å². The van der Waals surface area contributed by atoms with Gasteiger partial charge in [-0.1, -0.05) is 6.92 Å². The second-order valence-electron chi connectivity index (χ2n) is 4.06. The minimum absolute atomic E-state index is 0.0519. The van der Waals surface area contributed by atoms with Crippen LogP contribution < -0.4 is 5.32 Å². The van der Waals surface area contributed by atoms with Gasteiger partial charge in [0.05, 0.1) is 20.2 Å². The first-order valence-electron chi connectivity index (χ1n) is 5.95. The molecule has 102 valence electrons. The first-order valence-corrected chi connectivity index (χ1v) is 5.95. The lowest BCUT2D eigenvalue weighted by Gasteiger charge is -2.21. The molecule has 0 spiro atoms. The van der Waals surface area contributed by atoms with E-state index in [1.54, 1.807) is 4.90 Å². The zero-order valence-electron chi connectivity index (χ0n) is 10.8. The zero-order valence-corrected chi connectivity index (χ0v) is 10.8. The predicted molar refractivity (Wildman–Crippen MR) is 63.9 cm³/mol. The molecule has 1 aliphatic rings. The molecular weight excluding hydrogens is 238 g/mol. The SMILES string of the molecule is CCCN(CC(=O)OC)CC(=O)N1CCNC1=O. The van der Waals surface area contributed by atoms with Crippen molar-refractivity contribution < 1.29 is 19.1 Å². The fourth-order valence-electron chi connectivity index (χ4n) is 1.76. The van der Waals surface area contributed by atoms with E-state index in [1.807, 2.05) is 6.92 Å². The molecule has 0 bridgehead atoms. The molecule has 0 atom stereocenters. The van der Waals surface area contributed by atoms with Crippen LogP contribution in [0.1, 0.15) is 13.3 Å². The number of rotatable bonds is 6. The summed E-state index contributed by atoms with van der Waals surface area (Å²) in [7, 11) is 1.31. The van der Waals surface area contributed by atoms with Gasteiger partial charge in [-0.25, -0.2) is 4.79 Å². The molecule has 3 amide bonds. The summed E-state index contributed by atoms with van der Waals surface area (Å²) in [5, 5.41) is 2.56. The van der Waals surface area contributed by atoms with Gasteiger partial charge in [-0.2, -0.15) is 0 Å². The Kier molecular flexibility index (Phi) is 5.57. The van der Waals surface area contributed by atoms with Gasteiger partial charge in [0, 0.05) is 13.1 Å². The molecule has 0 aromatic carbocycles. The van der Waals surface area contributed by atoms with E-state index < -0.39 is 0 Å². The zero-order chi connectivity index (χ0) is 13.5. The van der Waals surface area contributed by atoms with E-state index in [4.69, 9.17) is 0 Å². The molecule has 0 aromatic heterocycles. The van der Waals surface area contributed by atoms with E-state index in [2.05, 4.69) is 10.1 Å². The molecule has 1 N–H and O–H groups in total. The van der Waals surface area contributed by atoms with Crippen molar-refractivity contribution in [2.75, 3.05) is 39.8 Å². The van der Waals surface area contributed by atoms with Crippen LogP contribution in [0, 0.1) is 0 Å². The Hall–Kier alpha value is -1.63. The first kappa shape index (κ1) is 14.4. The Bertz CT molecular complexity index is 332. The molecule has 0 saturated carbocycles. The molecule has 18 heavy (non-hydrogen) atoms. The Morgan fingerprint density at radius 3 is 2.67 bits per heavy atom. The summed E-state index contributed by atoms with van der Waals surface area (Å²) in [6, 6.07) is -0.366. The first-order chi connectivity index (χ1) is 8.58. The van der Waals surface area contributed by atoms with Gasteiger partial charge in [-0.3, -0.25) is 19.4 Å². The quantitative estimate of drug-likeness (QED) is 0.644. The Morgan fingerprint density at radius 1 is 1.44 bits per heavy atom. The number of methoxy groups -OCH3 is 1. The van der Waals surface area contributed by atoms with Gasteiger partial charge in [-0.05, 0) is 13.0 Å². The third-order valence-electron chi connectivity index (χ3n) is 2.64. The summed E-state index contributed by atoms with van der Waals surface area (Å²) in [4.78, 5) is 37.2. The number of amides is 3. The fourth-order valence-corrected chi connectivity index (χ4v) is 1.76. The van der Waals surface area contributed by atoms with Crippen molar-refractivity contribution in [1.82, 2.24) is 15.1 Å². The van der Waals surface area contributed by atoms with Gasteiger partial charge in [-0.15, -0.1) is 0 Å². The molecule has 7 heteroatoms. The molecule has 1 aliphatic heterocycles. The molecule has 7 nitrogen and oxygen atoms in total. The molecule has 0 aliphatic carbocycles. The maximum Gasteiger partial charge on any atom is 0.324 e. The van der Waals surface area contributed by atoms with E-state index in [0.717, 1.165) is 6.42 Å². The van der Waals surface area contributed by atoms with Gasteiger partial charge in [0.2, 0.25) is 5.91 Å². The topological polar surface area (TPSA) is 79.0 Å². The molecule has 1 rings (SSSR count). The molecule has 0 aromatic rings. The van der Waals surface area contributed by atoms with Gasteiger partial charge in [0.15, 0.2) is 0 Å². The molecule has 1 heterocycles. The predicted octanol–water partition coefficient (Wildman–Crippen LogP) is -0.577. The second-order valence-corrected chi connectivity index (χ2v) is 4.06. The highest BCUT2D eigenvalue weighted by atomic mass is 16.5. The van der Waals surface area contributed by atoms with Crippen LogP contribution >= 0.6 is 0 Å². The van der Waals surface area contributed by atoms with Crippen LogP contribution in [0.2, 0.25) is 0 Å². The van der Waals surface area contributed by atoms with Crippen molar-refractivity contribution in [2.45, 2.75) is 13.3 Å². The number of esters is 1. The Morgan fingerprint density at radius 2 is 2.17 bits per heavy atom. The number of urea groups is 1. The lowest BCUT2D eigenvalue weighted by molar-refractivity contribution is -0.142. The summed E-state index contributed by atoms with van der Waals surface area (Å²) in [6.45, 7) is 3.54. The third-order valence-corrected chi connectivity index (χ3v) is 2.64.